The zero-order valence-corrected chi connectivity index (χ0v) is 35.5. The molecule has 0 N–H and O–H groups in total. The average molecular weight is 831 g/mol. The van der Waals surface area contributed by atoms with E-state index in [-0.39, 0.29) is 30.0 Å². The second-order valence-electron chi connectivity index (χ2n) is 15.3. The van der Waals surface area contributed by atoms with Crippen LogP contribution in [-0.2, 0) is 21.2 Å². The molecule has 0 aromatic heterocycles. The molecule has 0 saturated heterocycles. The molecule has 0 radical (unpaired) electrons. The number of halogens is 6. The fourth-order valence-electron chi connectivity index (χ4n) is 8.74. The van der Waals surface area contributed by atoms with Crippen LogP contribution in [0.1, 0.15) is 112 Å². The Hall–Kier alpha value is -2.78. The Morgan fingerprint density at radius 1 is 0.518 bits per heavy atom. The molecule has 0 atom stereocenters. The van der Waals surface area contributed by atoms with Crippen LogP contribution in [0.2, 0.25) is 0 Å². The van der Waals surface area contributed by atoms with Crippen molar-refractivity contribution in [3.05, 3.63) is 101 Å². The van der Waals surface area contributed by atoms with Crippen molar-refractivity contribution in [2.45, 2.75) is 92.4 Å². The van der Waals surface area contributed by atoms with E-state index in [0.717, 1.165) is 0 Å². The molecule has 0 fully saturated rings. The average Bonchev–Trinajstić information content (AvgIpc) is 3.12. The number of carbonyl (C=O) groups is 2. The number of hydrogen-bond donors (Lipinski definition) is 0. The van der Waals surface area contributed by atoms with Crippen molar-refractivity contribution in [1.29, 1.82) is 0 Å². The molecule has 3 aromatic rings. The Labute approximate surface area is 329 Å². The molecule has 14 heteroatoms. The number of Topliss-reactive ketones (excluding diaryl/α,β-unsaturated/α-hetero) is 2. The van der Waals surface area contributed by atoms with E-state index in [1.54, 1.807) is 60.7 Å². The first-order chi connectivity index (χ1) is 26.3. The van der Waals surface area contributed by atoms with E-state index < -0.39 is 50.2 Å². The van der Waals surface area contributed by atoms with Gasteiger partial charge >= 0.3 is 331 Å². The summed E-state index contributed by atoms with van der Waals surface area (Å²) in [6.45, 7) is 4.09. The normalized spacial score (nSPS) is 14.0. The van der Waals surface area contributed by atoms with Crippen LogP contribution in [0.25, 0.3) is 0 Å². The molecular formula is C42H59BF6O5P2. The van der Waals surface area contributed by atoms with E-state index in [4.69, 9.17) is 13.5 Å². The summed E-state index contributed by atoms with van der Waals surface area (Å²) in [4.78, 5) is 28.6. The third kappa shape index (κ3) is 12.1. The van der Waals surface area contributed by atoms with Crippen LogP contribution in [0.5, 0.6) is 5.75 Å². The van der Waals surface area contributed by atoms with Gasteiger partial charge in [0.05, 0.1) is 0 Å². The van der Waals surface area contributed by atoms with E-state index in [0.29, 0.717) is 98.8 Å². The number of alkyl halides is 6. The Balaban J connectivity index is 2.43. The first-order valence-electron chi connectivity index (χ1n) is 19.9. The summed E-state index contributed by atoms with van der Waals surface area (Å²) in [7, 11) is -1.82. The Morgan fingerprint density at radius 3 is 1.09 bits per heavy atom. The number of benzene rings is 3. The molecular weight excluding hydrogens is 771 g/mol. The van der Waals surface area contributed by atoms with Crippen molar-refractivity contribution >= 4 is 32.5 Å². The molecule has 0 amide bonds. The van der Waals surface area contributed by atoms with Gasteiger partial charge < -0.3 is 0 Å². The Kier molecular flexibility index (Phi) is 16.8. The topological polar surface area (TPSA) is 61.8 Å². The summed E-state index contributed by atoms with van der Waals surface area (Å²) < 4.78 is 106. The molecule has 0 unspecified atom stereocenters. The quantitative estimate of drug-likeness (QED) is 0.0389. The predicted molar refractivity (Wildman–Crippen MR) is 221 cm³/mol. The van der Waals surface area contributed by atoms with Gasteiger partial charge in [-0.15, -0.1) is 0 Å². The summed E-state index contributed by atoms with van der Waals surface area (Å²) in [6, 6.07) is 18.6. The van der Waals surface area contributed by atoms with Crippen molar-refractivity contribution in [2.24, 2.45) is 0 Å². The van der Waals surface area contributed by atoms with Crippen molar-refractivity contribution in [3.63, 3.8) is 0 Å². The molecule has 0 saturated carbocycles. The predicted octanol–water partition coefficient (Wildman–Crippen LogP) is 13.3. The van der Waals surface area contributed by atoms with Crippen LogP contribution in [0, 0.1) is 0 Å². The molecule has 0 bridgehead atoms. The number of ketones is 2. The molecule has 56 heavy (non-hydrogen) atoms. The molecule has 0 aliphatic rings. The first kappa shape index (κ1) is 47.6. The second kappa shape index (κ2) is 19.8. The molecule has 0 aliphatic carbocycles. The molecule has 3 aromatic carbocycles. The summed E-state index contributed by atoms with van der Waals surface area (Å²) in [5, 5.41) is 0. The summed E-state index contributed by atoms with van der Waals surface area (Å²) >= 11 is 0. The van der Waals surface area contributed by atoms with E-state index in [1.807, 2.05) is 41.5 Å². The maximum absolute atomic E-state index is 14.3. The fraction of sp³-hybridized carbons (Fsp3) is 0.524. The van der Waals surface area contributed by atoms with E-state index in [1.165, 1.54) is 0 Å². The van der Waals surface area contributed by atoms with Crippen molar-refractivity contribution in [3.8, 4) is 5.75 Å². The van der Waals surface area contributed by atoms with Crippen LogP contribution in [0.3, 0.4) is 0 Å². The second-order valence-corrected chi connectivity index (χ2v) is 26.5. The van der Waals surface area contributed by atoms with Gasteiger partial charge in [-0.05, 0) is 0 Å². The minimum absolute atomic E-state index is 0.0149. The number of hydrogen-bond acceptors (Lipinski definition) is 5. The first-order valence-corrected chi connectivity index (χ1v) is 25.6. The van der Waals surface area contributed by atoms with Crippen molar-refractivity contribution in [1.82, 2.24) is 0 Å². The molecule has 0 heterocycles. The van der Waals surface area contributed by atoms with Gasteiger partial charge in [0.25, 0.3) is 0 Å². The maximum atomic E-state index is 14.3. The SMILES string of the molecule is CCCP(CCC)(CCC)(CC(=O)c1ccccc1)OB(Oc1cc(C(F)(F)F)cc(C(F)(F)F)c1)OP(CCC)(CCC)(CCC)CC(=O)c1ccccc1. The summed E-state index contributed by atoms with van der Waals surface area (Å²) in [5.74, 6) is -1.09. The third-order valence-corrected chi connectivity index (χ3v) is 23.8. The zero-order valence-electron chi connectivity index (χ0n) is 33.7. The van der Waals surface area contributed by atoms with E-state index in [2.05, 4.69) is 0 Å². The molecule has 0 spiro atoms. The van der Waals surface area contributed by atoms with Crippen LogP contribution in [0.4, 0.5) is 26.3 Å². The Morgan fingerprint density at radius 2 is 0.821 bits per heavy atom. The van der Waals surface area contributed by atoms with Crippen molar-refractivity contribution in [2.75, 3.05) is 49.3 Å². The van der Waals surface area contributed by atoms with E-state index in [9.17, 15) is 35.9 Å². The number of carbonyl (C=O) groups excluding carboxylic acids is 2. The monoisotopic (exact) mass is 830 g/mol. The molecule has 3 rings (SSSR count). The fourth-order valence-corrected chi connectivity index (χ4v) is 21.6. The van der Waals surface area contributed by atoms with Gasteiger partial charge in [0.15, 0.2) is 0 Å². The summed E-state index contributed by atoms with van der Waals surface area (Å²) in [6.07, 6.45) is -4.10. The standard InChI is InChI=1S/C42H59BF6O5P2/c1-7-23-55(24-8-2,25-9-3,32-39(50)34-19-15-13-16-20-34)53-43(52-38-30-36(41(44,45)46)29-37(31-38)42(47,48)49)54-56(26-10-4,27-11-5,28-12-6)33-40(51)35-21-17-14-18-22-35/h13-22,29-31H,7-12,23-28,32-33H2,1-6H3. The van der Waals surface area contributed by atoms with Crippen LogP contribution < -0.4 is 4.65 Å². The Bertz CT molecular complexity index is 1560. The van der Waals surface area contributed by atoms with Crippen LogP contribution in [-0.4, -0.2) is 68.2 Å². The van der Waals surface area contributed by atoms with Crippen LogP contribution in [0.15, 0.2) is 78.9 Å². The molecule has 312 valence electrons. The van der Waals surface area contributed by atoms with E-state index >= 15 is 0 Å². The van der Waals surface area contributed by atoms with Gasteiger partial charge in [0.2, 0.25) is 0 Å². The third-order valence-electron chi connectivity index (χ3n) is 10.6. The number of rotatable bonds is 24. The van der Waals surface area contributed by atoms with Gasteiger partial charge in [-0.25, -0.2) is 0 Å². The van der Waals surface area contributed by atoms with Crippen molar-refractivity contribution < 1.29 is 49.5 Å². The minimum atomic E-state index is -5.13. The summed E-state index contributed by atoms with van der Waals surface area (Å²) in [5.41, 5.74) is -2.15. The van der Waals surface area contributed by atoms with Gasteiger partial charge in [0, 0.05) is 0 Å². The van der Waals surface area contributed by atoms with Gasteiger partial charge in [-0.1, -0.05) is 0 Å². The molecule has 0 aliphatic heterocycles. The van der Waals surface area contributed by atoms with Gasteiger partial charge in [-0.3, -0.25) is 0 Å². The van der Waals surface area contributed by atoms with Gasteiger partial charge in [-0.2, -0.15) is 0 Å². The molecule has 5 nitrogen and oxygen atoms in total. The van der Waals surface area contributed by atoms with Gasteiger partial charge in [0.1, 0.15) is 0 Å². The van der Waals surface area contributed by atoms with Crippen LogP contribution >= 0.6 is 13.7 Å². The zero-order chi connectivity index (χ0) is 41.7.